The summed E-state index contributed by atoms with van der Waals surface area (Å²) in [5, 5.41) is 8.41. The highest BCUT2D eigenvalue weighted by molar-refractivity contribution is 6.04. The van der Waals surface area contributed by atoms with Crippen molar-refractivity contribution in [2.24, 2.45) is 7.05 Å². The second-order valence-electron chi connectivity index (χ2n) is 4.23. The lowest BCUT2D eigenvalue weighted by molar-refractivity contribution is -0.124. The maximum atomic E-state index is 11.8. The predicted octanol–water partition coefficient (Wildman–Crippen LogP) is 2.03. The Balaban J connectivity index is 2.12. The number of amides is 1. The van der Waals surface area contributed by atoms with Gasteiger partial charge < -0.3 is 8.98 Å². The standard InChI is InChI=1S/C15H14N2O4/c1-17-11(4-5-12(17)7-9-15(19)16-20)6-8-13(18)14-3-2-10-21-14/h2-10,20H,1H3,(H,16,19)/b8-6+,9-7+. The number of hydroxylamine groups is 1. The third kappa shape index (κ3) is 3.58. The summed E-state index contributed by atoms with van der Waals surface area (Å²) in [5.74, 6) is -0.556. The van der Waals surface area contributed by atoms with E-state index >= 15 is 0 Å². The lowest BCUT2D eigenvalue weighted by Crippen LogP contribution is -2.14. The molecule has 0 aromatic carbocycles. The van der Waals surface area contributed by atoms with Crippen molar-refractivity contribution in [2.75, 3.05) is 0 Å². The van der Waals surface area contributed by atoms with E-state index in [1.807, 2.05) is 6.07 Å². The monoisotopic (exact) mass is 286 g/mol. The zero-order chi connectivity index (χ0) is 15.2. The van der Waals surface area contributed by atoms with Gasteiger partial charge in [0.05, 0.1) is 6.26 Å². The van der Waals surface area contributed by atoms with Crippen LogP contribution in [0.4, 0.5) is 0 Å². The molecule has 6 heteroatoms. The maximum Gasteiger partial charge on any atom is 0.267 e. The van der Waals surface area contributed by atoms with Gasteiger partial charge in [-0.25, -0.2) is 5.48 Å². The molecule has 0 fully saturated rings. The summed E-state index contributed by atoms with van der Waals surface area (Å²) in [6.07, 6.45) is 7.28. The summed E-state index contributed by atoms with van der Waals surface area (Å²) in [6.45, 7) is 0. The van der Waals surface area contributed by atoms with Crippen LogP contribution in [-0.2, 0) is 11.8 Å². The number of rotatable bonds is 5. The molecule has 6 nitrogen and oxygen atoms in total. The lowest BCUT2D eigenvalue weighted by atomic mass is 10.2. The molecular weight excluding hydrogens is 272 g/mol. The van der Waals surface area contributed by atoms with Crippen molar-refractivity contribution in [3.05, 3.63) is 59.8 Å². The first-order valence-electron chi connectivity index (χ1n) is 6.15. The molecule has 2 N–H and O–H groups in total. The van der Waals surface area contributed by atoms with Crippen LogP contribution in [-0.4, -0.2) is 21.5 Å². The second-order valence-corrected chi connectivity index (χ2v) is 4.23. The highest BCUT2D eigenvalue weighted by Gasteiger charge is 2.05. The van der Waals surface area contributed by atoms with Gasteiger partial charge in [-0.3, -0.25) is 14.8 Å². The van der Waals surface area contributed by atoms with Crippen molar-refractivity contribution in [1.82, 2.24) is 10.0 Å². The van der Waals surface area contributed by atoms with Crippen LogP contribution >= 0.6 is 0 Å². The van der Waals surface area contributed by atoms with Crippen molar-refractivity contribution in [2.45, 2.75) is 0 Å². The minimum absolute atomic E-state index is 0.224. The Labute approximate surface area is 120 Å². The van der Waals surface area contributed by atoms with Gasteiger partial charge in [0.25, 0.3) is 5.91 Å². The number of hydrogen-bond acceptors (Lipinski definition) is 4. The SMILES string of the molecule is Cn1c(/C=C/C(=O)NO)ccc1/C=C/C(=O)c1ccco1. The fraction of sp³-hybridized carbons (Fsp3) is 0.0667. The van der Waals surface area contributed by atoms with Gasteiger partial charge in [0.2, 0.25) is 5.78 Å². The first-order chi connectivity index (χ1) is 10.1. The van der Waals surface area contributed by atoms with E-state index in [-0.39, 0.29) is 11.5 Å². The average Bonchev–Trinajstić information content (AvgIpc) is 3.13. The van der Waals surface area contributed by atoms with Crippen LogP contribution in [0.15, 0.2) is 47.1 Å². The normalized spacial score (nSPS) is 11.3. The smallest absolute Gasteiger partial charge is 0.267 e. The molecule has 2 rings (SSSR count). The Kier molecular flexibility index (Phi) is 4.53. The number of allylic oxidation sites excluding steroid dienone is 1. The molecule has 0 radical (unpaired) electrons. The van der Waals surface area contributed by atoms with E-state index in [9.17, 15) is 9.59 Å². The van der Waals surface area contributed by atoms with Crippen molar-refractivity contribution < 1.29 is 19.2 Å². The molecule has 2 aromatic heterocycles. The largest absolute Gasteiger partial charge is 0.461 e. The highest BCUT2D eigenvalue weighted by Crippen LogP contribution is 2.12. The van der Waals surface area contributed by atoms with E-state index in [1.165, 1.54) is 23.9 Å². The number of aromatic nitrogens is 1. The molecule has 0 bridgehead atoms. The van der Waals surface area contributed by atoms with Crippen molar-refractivity contribution in [3.63, 3.8) is 0 Å². The Bertz CT molecular complexity index is 693. The number of furan rings is 1. The van der Waals surface area contributed by atoms with Crippen molar-refractivity contribution in [3.8, 4) is 0 Å². The van der Waals surface area contributed by atoms with Gasteiger partial charge in [0.1, 0.15) is 0 Å². The number of nitrogens with zero attached hydrogens (tertiary/aromatic N) is 1. The predicted molar refractivity (Wildman–Crippen MR) is 76.4 cm³/mol. The van der Waals surface area contributed by atoms with Crippen LogP contribution in [0.2, 0.25) is 0 Å². The van der Waals surface area contributed by atoms with Crippen molar-refractivity contribution in [1.29, 1.82) is 0 Å². The molecule has 0 saturated heterocycles. The molecule has 108 valence electrons. The Hall–Kier alpha value is -2.86. The second kappa shape index (κ2) is 6.53. The first kappa shape index (κ1) is 14.5. The fourth-order valence-corrected chi connectivity index (χ4v) is 1.74. The Morgan fingerprint density at radius 1 is 1.19 bits per heavy atom. The van der Waals surface area contributed by atoms with Crippen LogP contribution in [0.5, 0.6) is 0 Å². The molecule has 21 heavy (non-hydrogen) atoms. The maximum absolute atomic E-state index is 11.8. The van der Waals surface area contributed by atoms with Gasteiger partial charge in [-0.2, -0.15) is 0 Å². The molecule has 0 saturated carbocycles. The molecule has 0 aliphatic heterocycles. The molecular formula is C15H14N2O4. The molecule has 0 unspecified atom stereocenters. The average molecular weight is 286 g/mol. The first-order valence-corrected chi connectivity index (χ1v) is 6.15. The van der Waals surface area contributed by atoms with Gasteiger partial charge in [-0.05, 0) is 42.5 Å². The quantitative estimate of drug-likeness (QED) is 0.381. The minimum Gasteiger partial charge on any atom is -0.461 e. The number of carbonyl (C=O) groups is 2. The molecule has 0 aliphatic rings. The van der Waals surface area contributed by atoms with E-state index in [0.29, 0.717) is 0 Å². The Morgan fingerprint density at radius 2 is 1.86 bits per heavy atom. The van der Waals surface area contributed by atoms with Gasteiger partial charge in [0.15, 0.2) is 5.76 Å². The molecule has 0 spiro atoms. The number of nitrogens with one attached hydrogen (secondary N) is 1. The van der Waals surface area contributed by atoms with Gasteiger partial charge >= 0.3 is 0 Å². The van der Waals surface area contributed by atoms with E-state index in [2.05, 4.69) is 0 Å². The summed E-state index contributed by atoms with van der Waals surface area (Å²) in [5.41, 5.74) is 3.06. The third-order valence-corrected chi connectivity index (χ3v) is 2.88. The molecule has 2 aromatic rings. The third-order valence-electron chi connectivity index (χ3n) is 2.88. The van der Waals surface area contributed by atoms with E-state index in [0.717, 1.165) is 11.4 Å². The fourth-order valence-electron chi connectivity index (χ4n) is 1.74. The van der Waals surface area contributed by atoms with Crippen molar-refractivity contribution >= 4 is 23.8 Å². The number of ketones is 1. The van der Waals surface area contributed by atoms with E-state index in [4.69, 9.17) is 9.62 Å². The zero-order valence-corrected chi connectivity index (χ0v) is 11.3. The molecule has 1 amide bonds. The van der Waals surface area contributed by atoms with E-state index in [1.54, 1.807) is 42.0 Å². The lowest BCUT2D eigenvalue weighted by Gasteiger charge is -2.00. The molecule has 0 aliphatic carbocycles. The van der Waals surface area contributed by atoms with Crippen LogP contribution < -0.4 is 5.48 Å². The van der Waals surface area contributed by atoms with Crippen LogP contribution in [0.3, 0.4) is 0 Å². The molecule has 2 heterocycles. The zero-order valence-electron chi connectivity index (χ0n) is 11.3. The highest BCUT2D eigenvalue weighted by atomic mass is 16.5. The summed E-state index contributed by atoms with van der Waals surface area (Å²) >= 11 is 0. The summed E-state index contributed by atoms with van der Waals surface area (Å²) in [6, 6.07) is 6.85. The van der Waals surface area contributed by atoms with Crippen LogP contribution in [0.1, 0.15) is 21.9 Å². The number of carbonyl (C=O) groups excluding carboxylic acids is 2. The van der Waals surface area contributed by atoms with Crippen LogP contribution in [0.25, 0.3) is 12.2 Å². The van der Waals surface area contributed by atoms with Gasteiger partial charge in [-0.1, -0.05) is 0 Å². The topological polar surface area (TPSA) is 84.5 Å². The molecule has 0 atom stereocenters. The summed E-state index contributed by atoms with van der Waals surface area (Å²) in [4.78, 5) is 22.7. The Morgan fingerprint density at radius 3 is 2.43 bits per heavy atom. The van der Waals surface area contributed by atoms with Gasteiger partial charge in [-0.15, -0.1) is 0 Å². The van der Waals surface area contributed by atoms with Crippen LogP contribution in [0, 0.1) is 0 Å². The summed E-state index contributed by atoms with van der Waals surface area (Å²) < 4.78 is 6.81. The number of hydrogen-bond donors (Lipinski definition) is 2. The van der Waals surface area contributed by atoms with Gasteiger partial charge in [0, 0.05) is 24.5 Å². The van der Waals surface area contributed by atoms with E-state index < -0.39 is 5.91 Å². The minimum atomic E-state index is -0.610. The summed E-state index contributed by atoms with van der Waals surface area (Å²) in [7, 11) is 1.80.